The molecule has 0 radical (unpaired) electrons. The average Bonchev–Trinajstić information content (AvgIpc) is 3.26. The number of benzene rings is 3. The molecule has 3 heteroatoms. The summed E-state index contributed by atoms with van der Waals surface area (Å²) >= 11 is 0. The molecule has 3 aliphatic rings. The van der Waals surface area contributed by atoms with Crippen molar-refractivity contribution in [3.63, 3.8) is 0 Å². The highest BCUT2D eigenvalue weighted by atomic mass is 16.5. The standard InChI is InChI=1S/C29H31NO2/c1-21-24(9-5-10-25(21)22-7-3-2-4-8-22)16-32-28-14-13-23(26-11-6-12-27(26)28)15-30-17-29(18-30)19-31-20-29/h2-5,7-10,13-14H,6,11-12,15-20H2,1H3. The van der Waals surface area contributed by atoms with Crippen molar-refractivity contribution in [3.8, 4) is 16.9 Å². The monoisotopic (exact) mass is 425 g/mol. The van der Waals surface area contributed by atoms with Gasteiger partial charge in [-0.3, -0.25) is 4.90 Å². The van der Waals surface area contributed by atoms with Crippen LogP contribution in [0.25, 0.3) is 11.1 Å². The molecule has 2 heterocycles. The maximum Gasteiger partial charge on any atom is 0.123 e. The first-order valence-electron chi connectivity index (χ1n) is 11.9. The minimum atomic E-state index is 0.484. The lowest BCUT2D eigenvalue weighted by Gasteiger charge is -2.55. The van der Waals surface area contributed by atoms with E-state index >= 15 is 0 Å². The SMILES string of the molecule is Cc1c(COc2ccc(CN3CC4(COC4)C3)c3c2CCC3)cccc1-c1ccccc1. The molecule has 6 rings (SSSR count). The van der Waals surface area contributed by atoms with Crippen LogP contribution >= 0.6 is 0 Å². The molecule has 0 aromatic heterocycles. The van der Waals surface area contributed by atoms with Gasteiger partial charge in [0.25, 0.3) is 0 Å². The molecule has 1 aliphatic carbocycles. The lowest BCUT2D eigenvalue weighted by Crippen LogP contribution is -2.65. The number of nitrogens with zero attached hydrogens (tertiary/aromatic N) is 1. The van der Waals surface area contributed by atoms with Gasteiger partial charge in [0.1, 0.15) is 12.4 Å². The zero-order valence-corrected chi connectivity index (χ0v) is 18.9. The van der Waals surface area contributed by atoms with Crippen LogP contribution in [0.3, 0.4) is 0 Å². The molecule has 0 unspecified atom stereocenters. The van der Waals surface area contributed by atoms with Gasteiger partial charge in [-0.1, -0.05) is 54.6 Å². The fraction of sp³-hybridized carbons (Fsp3) is 0.379. The largest absolute Gasteiger partial charge is 0.489 e. The predicted octanol–water partition coefficient (Wildman–Crippen LogP) is 5.56. The molecule has 0 amide bonds. The first kappa shape index (κ1) is 20.0. The van der Waals surface area contributed by atoms with Gasteiger partial charge in [0.15, 0.2) is 0 Å². The van der Waals surface area contributed by atoms with Crippen LogP contribution in [0.5, 0.6) is 5.75 Å². The Morgan fingerprint density at radius 1 is 0.875 bits per heavy atom. The Morgan fingerprint density at radius 3 is 2.47 bits per heavy atom. The molecule has 0 saturated carbocycles. The van der Waals surface area contributed by atoms with Gasteiger partial charge in [0.2, 0.25) is 0 Å². The van der Waals surface area contributed by atoms with Crippen LogP contribution < -0.4 is 4.74 Å². The predicted molar refractivity (Wildman–Crippen MR) is 128 cm³/mol. The smallest absolute Gasteiger partial charge is 0.123 e. The van der Waals surface area contributed by atoms with Crippen LogP contribution in [0.1, 0.15) is 34.2 Å². The highest BCUT2D eigenvalue weighted by molar-refractivity contribution is 5.68. The van der Waals surface area contributed by atoms with Crippen LogP contribution in [-0.4, -0.2) is 31.2 Å². The number of fused-ring (bicyclic) bond motifs is 1. The van der Waals surface area contributed by atoms with Crippen molar-refractivity contribution in [1.29, 1.82) is 0 Å². The fourth-order valence-corrected chi connectivity index (χ4v) is 5.78. The average molecular weight is 426 g/mol. The fourth-order valence-electron chi connectivity index (χ4n) is 5.78. The van der Waals surface area contributed by atoms with Gasteiger partial charge in [-0.15, -0.1) is 0 Å². The first-order valence-corrected chi connectivity index (χ1v) is 11.9. The molecule has 0 N–H and O–H groups in total. The second kappa shape index (κ2) is 8.06. The van der Waals surface area contributed by atoms with E-state index in [0.29, 0.717) is 12.0 Å². The summed E-state index contributed by atoms with van der Waals surface area (Å²) in [6.45, 7) is 8.20. The summed E-state index contributed by atoms with van der Waals surface area (Å²) < 4.78 is 11.9. The van der Waals surface area contributed by atoms with E-state index in [0.717, 1.165) is 31.9 Å². The summed E-state index contributed by atoms with van der Waals surface area (Å²) in [6, 6.07) is 21.7. The van der Waals surface area contributed by atoms with Crippen molar-refractivity contribution < 1.29 is 9.47 Å². The summed E-state index contributed by atoms with van der Waals surface area (Å²) in [4.78, 5) is 2.58. The third-order valence-electron chi connectivity index (χ3n) is 7.58. The summed E-state index contributed by atoms with van der Waals surface area (Å²) in [5.74, 6) is 1.08. The summed E-state index contributed by atoms with van der Waals surface area (Å²) in [7, 11) is 0. The lowest BCUT2D eigenvalue weighted by molar-refractivity contribution is -0.191. The summed E-state index contributed by atoms with van der Waals surface area (Å²) in [5.41, 5.74) is 10.1. The quantitative estimate of drug-likeness (QED) is 0.516. The van der Waals surface area contributed by atoms with Crippen molar-refractivity contribution in [2.45, 2.75) is 39.3 Å². The lowest BCUT2D eigenvalue weighted by atomic mass is 9.78. The zero-order valence-electron chi connectivity index (χ0n) is 18.9. The van der Waals surface area contributed by atoms with Gasteiger partial charge in [-0.2, -0.15) is 0 Å². The van der Waals surface area contributed by atoms with E-state index in [1.165, 1.54) is 59.3 Å². The van der Waals surface area contributed by atoms with E-state index in [9.17, 15) is 0 Å². The molecule has 0 atom stereocenters. The van der Waals surface area contributed by atoms with Gasteiger partial charge in [0.05, 0.1) is 13.2 Å². The van der Waals surface area contributed by atoms with Crippen molar-refractivity contribution in [2.24, 2.45) is 5.41 Å². The van der Waals surface area contributed by atoms with Crippen molar-refractivity contribution >= 4 is 0 Å². The highest BCUT2D eigenvalue weighted by Gasteiger charge is 2.48. The third-order valence-corrected chi connectivity index (χ3v) is 7.58. The molecular weight excluding hydrogens is 394 g/mol. The van der Waals surface area contributed by atoms with E-state index in [2.05, 4.69) is 72.5 Å². The molecule has 2 saturated heterocycles. The van der Waals surface area contributed by atoms with Crippen LogP contribution in [-0.2, 0) is 30.7 Å². The first-order chi connectivity index (χ1) is 15.7. The van der Waals surface area contributed by atoms with E-state index in [1.54, 1.807) is 5.56 Å². The van der Waals surface area contributed by atoms with Crippen LogP contribution in [0.2, 0.25) is 0 Å². The maximum atomic E-state index is 6.44. The van der Waals surface area contributed by atoms with Crippen LogP contribution in [0, 0.1) is 12.3 Å². The topological polar surface area (TPSA) is 21.7 Å². The van der Waals surface area contributed by atoms with Gasteiger partial charge >= 0.3 is 0 Å². The molecule has 164 valence electrons. The third kappa shape index (κ3) is 3.54. The minimum absolute atomic E-state index is 0.484. The van der Waals surface area contributed by atoms with Gasteiger partial charge in [-0.25, -0.2) is 0 Å². The number of ether oxygens (including phenoxy) is 2. The Labute approximate surface area is 191 Å². The number of hydrogen-bond acceptors (Lipinski definition) is 3. The Morgan fingerprint density at radius 2 is 1.69 bits per heavy atom. The Bertz CT molecular complexity index is 1130. The molecule has 1 spiro atoms. The Balaban J connectivity index is 1.18. The number of hydrogen-bond donors (Lipinski definition) is 0. The van der Waals surface area contributed by atoms with Crippen LogP contribution in [0.15, 0.2) is 60.7 Å². The minimum Gasteiger partial charge on any atom is -0.489 e. The molecular formula is C29H31NO2. The molecule has 3 nitrogen and oxygen atoms in total. The van der Waals surface area contributed by atoms with E-state index in [-0.39, 0.29) is 0 Å². The maximum absolute atomic E-state index is 6.44. The normalized spacial score (nSPS) is 18.8. The molecule has 2 fully saturated rings. The molecule has 32 heavy (non-hydrogen) atoms. The number of likely N-dealkylation sites (tertiary alicyclic amines) is 1. The Kier molecular flexibility index (Phi) is 5.04. The van der Waals surface area contributed by atoms with Crippen molar-refractivity contribution in [1.82, 2.24) is 4.90 Å². The molecule has 0 bridgehead atoms. The molecule has 2 aliphatic heterocycles. The van der Waals surface area contributed by atoms with E-state index < -0.39 is 0 Å². The van der Waals surface area contributed by atoms with Gasteiger partial charge < -0.3 is 9.47 Å². The second-order valence-corrected chi connectivity index (χ2v) is 9.92. The number of rotatable bonds is 6. The van der Waals surface area contributed by atoms with Crippen LogP contribution in [0.4, 0.5) is 0 Å². The van der Waals surface area contributed by atoms with Gasteiger partial charge in [-0.05, 0) is 71.2 Å². The van der Waals surface area contributed by atoms with Crippen molar-refractivity contribution in [2.75, 3.05) is 26.3 Å². The molecule has 3 aromatic carbocycles. The zero-order chi connectivity index (χ0) is 21.5. The Hall–Kier alpha value is -2.62. The van der Waals surface area contributed by atoms with E-state index in [4.69, 9.17) is 9.47 Å². The van der Waals surface area contributed by atoms with Gasteiger partial charge in [0, 0.05) is 25.0 Å². The van der Waals surface area contributed by atoms with Crippen molar-refractivity contribution in [3.05, 3.63) is 88.5 Å². The molecule has 3 aromatic rings. The second-order valence-electron chi connectivity index (χ2n) is 9.92. The van der Waals surface area contributed by atoms with E-state index in [1.807, 2.05) is 0 Å². The summed E-state index contributed by atoms with van der Waals surface area (Å²) in [5, 5.41) is 0. The highest BCUT2D eigenvalue weighted by Crippen LogP contribution is 2.40. The summed E-state index contributed by atoms with van der Waals surface area (Å²) in [6.07, 6.45) is 3.56.